The zero-order valence-electron chi connectivity index (χ0n) is 18.8. The lowest BCUT2D eigenvalue weighted by Crippen LogP contribution is -2.41. The summed E-state index contributed by atoms with van der Waals surface area (Å²) in [6, 6.07) is 10.1. The molecule has 164 valence electrons. The van der Waals surface area contributed by atoms with E-state index >= 15 is 0 Å². The molecular formula is C24H28ClN3O3. The van der Waals surface area contributed by atoms with Crippen LogP contribution < -0.4 is 20.7 Å². The Morgan fingerprint density at radius 3 is 2.29 bits per heavy atom. The Balaban J connectivity index is 0.00000272. The SMILES string of the molecule is COc1ccc2c(c1)CCn1c-2c(OC)c(=Nc2c(C)cc(C)cc2C)n(C)c1=O.Cl. The van der Waals surface area contributed by atoms with Crippen molar-refractivity contribution in [2.24, 2.45) is 12.0 Å². The molecule has 31 heavy (non-hydrogen) atoms. The molecule has 0 fully saturated rings. The summed E-state index contributed by atoms with van der Waals surface area (Å²) < 4.78 is 14.6. The van der Waals surface area contributed by atoms with Crippen LogP contribution in [0, 0.1) is 20.8 Å². The van der Waals surface area contributed by atoms with Gasteiger partial charge in [0.1, 0.15) is 5.75 Å². The molecule has 4 rings (SSSR count). The molecular weight excluding hydrogens is 414 g/mol. The van der Waals surface area contributed by atoms with Crippen LogP contribution >= 0.6 is 12.4 Å². The molecule has 0 unspecified atom stereocenters. The van der Waals surface area contributed by atoms with Crippen LogP contribution in [0.5, 0.6) is 11.5 Å². The second-order valence-corrected chi connectivity index (χ2v) is 7.83. The van der Waals surface area contributed by atoms with E-state index < -0.39 is 0 Å². The van der Waals surface area contributed by atoms with Crippen LogP contribution in [0.4, 0.5) is 5.69 Å². The highest BCUT2D eigenvalue weighted by atomic mass is 35.5. The molecule has 0 N–H and O–H groups in total. The third-order valence-corrected chi connectivity index (χ3v) is 5.75. The molecule has 2 aromatic carbocycles. The van der Waals surface area contributed by atoms with Crippen LogP contribution in [0.15, 0.2) is 40.1 Å². The maximum absolute atomic E-state index is 13.2. The smallest absolute Gasteiger partial charge is 0.330 e. The molecule has 1 aliphatic heterocycles. The Labute approximate surface area is 188 Å². The van der Waals surface area contributed by atoms with E-state index in [-0.39, 0.29) is 18.1 Å². The summed E-state index contributed by atoms with van der Waals surface area (Å²) in [5.41, 5.74) is 7.49. The molecule has 0 saturated heterocycles. The molecule has 0 atom stereocenters. The van der Waals surface area contributed by atoms with E-state index in [1.54, 1.807) is 30.4 Å². The van der Waals surface area contributed by atoms with Gasteiger partial charge in [-0.25, -0.2) is 9.79 Å². The maximum atomic E-state index is 13.2. The molecule has 0 radical (unpaired) electrons. The molecule has 1 aliphatic rings. The van der Waals surface area contributed by atoms with Gasteiger partial charge in [-0.15, -0.1) is 12.4 Å². The normalized spacial score (nSPS) is 12.6. The Morgan fingerprint density at radius 2 is 1.68 bits per heavy atom. The van der Waals surface area contributed by atoms with Crippen molar-refractivity contribution in [1.82, 2.24) is 9.13 Å². The fraction of sp³-hybridized carbons (Fsp3) is 0.333. The number of aryl methyl sites for hydroxylation is 4. The van der Waals surface area contributed by atoms with E-state index in [2.05, 4.69) is 19.1 Å². The van der Waals surface area contributed by atoms with Crippen molar-refractivity contribution in [2.45, 2.75) is 33.7 Å². The van der Waals surface area contributed by atoms with Gasteiger partial charge < -0.3 is 9.47 Å². The van der Waals surface area contributed by atoms with Crippen molar-refractivity contribution in [3.63, 3.8) is 0 Å². The predicted molar refractivity (Wildman–Crippen MR) is 125 cm³/mol. The van der Waals surface area contributed by atoms with Gasteiger partial charge in [0, 0.05) is 19.2 Å². The highest BCUT2D eigenvalue weighted by Gasteiger charge is 2.25. The number of hydrogen-bond acceptors (Lipinski definition) is 4. The van der Waals surface area contributed by atoms with Crippen molar-refractivity contribution < 1.29 is 9.47 Å². The van der Waals surface area contributed by atoms with Crippen LogP contribution in [0.3, 0.4) is 0 Å². The van der Waals surface area contributed by atoms with E-state index in [1.165, 1.54) is 5.56 Å². The number of benzene rings is 2. The molecule has 3 aromatic rings. The summed E-state index contributed by atoms with van der Waals surface area (Å²) in [4.78, 5) is 18.2. The number of nitrogens with zero attached hydrogens (tertiary/aromatic N) is 3. The number of aromatic nitrogens is 2. The van der Waals surface area contributed by atoms with E-state index in [4.69, 9.17) is 14.5 Å². The van der Waals surface area contributed by atoms with Crippen molar-refractivity contribution in [3.8, 4) is 22.8 Å². The summed E-state index contributed by atoms with van der Waals surface area (Å²) in [5.74, 6) is 1.41. The summed E-state index contributed by atoms with van der Waals surface area (Å²) in [6.07, 6.45) is 0.759. The Kier molecular flexibility index (Phi) is 6.32. The monoisotopic (exact) mass is 441 g/mol. The summed E-state index contributed by atoms with van der Waals surface area (Å²) in [7, 11) is 5.04. The van der Waals surface area contributed by atoms with Crippen LogP contribution in [-0.4, -0.2) is 23.4 Å². The third-order valence-electron chi connectivity index (χ3n) is 5.75. The number of hydrogen-bond donors (Lipinski definition) is 0. The number of methoxy groups -OCH3 is 2. The minimum absolute atomic E-state index is 0. The third kappa shape index (κ3) is 3.76. The van der Waals surface area contributed by atoms with E-state index in [0.717, 1.165) is 45.8 Å². The average molecular weight is 442 g/mol. The predicted octanol–water partition coefficient (Wildman–Crippen LogP) is 4.01. The molecule has 2 heterocycles. The fourth-order valence-electron chi connectivity index (χ4n) is 4.36. The van der Waals surface area contributed by atoms with E-state index in [0.29, 0.717) is 17.8 Å². The van der Waals surface area contributed by atoms with E-state index in [1.807, 2.05) is 32.0 Å². The van der Waals surface area contributed by atoms with Crippen LogP contribution in [-0.2, 0) is 20.0 Å². The largest absolute Gasteiger partial charge is 0.497 e. The summed E-state index contributed by atoms with van der Waals surface area (Å²) >= 11 is 0. The number of ether oxygens (including phenoxy) is 2. The zero-order chi connectivity index (χ0) is 21.6. The summed E-state index contributed by atoms with van der Waals surface area (Å²) in [5, 5.41) is 0. The topological polar surface area (TPSA) is 57.8 Å². The van der Waals surface area contributed by atoms with E-state index in [9.17, 15) is 4.79 Å². The van der Waals surface area contributed by atoms with Crippen molar-refractivity contribution in [2.75, 3.05) is 14.2 Å². The van der Waals surface area contributed by atoms with Gasteiger partial charge in [-0.3, -0.25) is 9.13 Å². The van der Waals surface area contributed by atoms with Crippen LogP contribution in [0.1, 0.15) is 22.3 Å². The summed E-state index contributed by atoms with van der Waals surface area (Å²) in [6.45, 7) is 6.73. The first-order valence-electron chi connectivity index (χ1n) is 10.0. The standard InChI is InChI=1S/C24H27N3O3.ClH/c1-14-11-15(2)20(16(3)12-14)25-23-22(30-6)21-19-8-7-18(29-5)13-17(19)9-10-27(21)24(28)26(23)4;/h7-8,11-13H,9-10H2,1-6H3;1H. The quantitative estimate of drug-likeness (QED) is 0.617. The van der Waals surface area contributed by atoms with Gasteiger partial charge in [0.25, 0.3) is 0 Å². The zero-order valence-corrected chi connectivity index (χ0v) is 19.6. The first-order chi connectivity index (χ1) is 14.3. The van der Waals surface area contributed by atoms with Crippen LogP contribution in [0.25, 0.3) is 11.3 Å². The second-order valence-electron chi connectivity index (χ2n) is 7.83. The van der Waals surface area contributed by atoms with Gasteiger partial charge in [-0.2, -0.15) is 0 Å². The Morgan fingerprint density at radius 1 is 1.00 bits per heavy atom. The number of rotatable bonds is 3. The molecule has 7 heteroatoms. The minimum Gasteiger partial charge on any atom is -0.497 e. The van der Waals surface area contributed by atoms with Crippen molar-refractivity contribution in [1.29, 1.82) is 0 Å². The highest BCUT2D eigenvalue weighted by molar-refractivity contribution is 5.85. The maximum Gasteiger partial charge on any atom is 0.330 e. The number of halogens is 1. The molecule has 0 aliphatic carbocycles. The lowest BCUT2D eigenvalue weighted by atomic mass is 9.97. The van der Waals surface area contributed by atoms with Gasteiger partial charge in [0.05, 0.1) is 25.6 Å². The Hall–Kier alpha value is -2.99. The Bertz CT molecular complexity index is 1270. The average Bonchev–Trinajstić information content (AvgIpc) is 2.73. The first-order valence-corrected chi connectivity index (χ1v) is 10.0. The molecule has 0 bridgehead atoms. The molecule has 0 saturated carbocycles. The lowest BCUT2D eigenvalue weighted by molar-refractivity contribution is 0.391. The van der Waals surface area contributed by atoms with Gasteiger partial charge in [0.15, 0.2) is 11.2 Å². The van der Waals surface area contributed by atoms with Gasteiger partial charge >= 0.3 is 5.69 Å². The second kappa shape index (κ2) is 8.63. The van der Waals surface area contributed by atoms with Crippen molar-refractivity contribution >= 4 is 18.1 Å². The fourth-order valence-corrected chi connectivity index (χ4v) is 4.36. The molecule has 1 aromatic heterocycles. The highest BCUT2D eigenvalue weighted by Crippen LogP contribution is 2.35. The molecule has 0 spiro atoms. The van der Waals surface area contributed by atoms with Gasteiger partial charge in [0.2, 0.25) is 0 Å². The molecule has 0 amide bonds. The van der Waals surface area contributed by atoms with Gasteiger partial charge in [-0.1, -0.05) is 17.7 Å². The van der Waals surface area contributed by atoms with Crippen LogP contribution in [0.2, 0.25) is 0 Å². The van der Waals surface area contributed by atoms with Gasteiger partial charge in [-0.05, 0) is 62.1 Å². The minimum atomic E-state index is -0.103. The van der Waals surface area contributed by atoms with Crippen molar-refractivity contribution in [3.05, 3.63) is 68.6 Å². The lowest BCUT2D eigenvalue weighted by Gasteiger charge is -2.25. The first kappa shape index (κ1) is 22.7. The molecule has 6 nitrogen and oxygen atoms in total. The number of fused-ring (bicyclic) bond motifs is 3.